The first kappa shape index (κ1) is 16.1. The number of nitriles is 1. The Morgan fingerprint density at radius 3 is 2.44 bits per heavy atom. The summed E-state index contributed by atoms with van der Waals surface area (Å²) in [6, 6.07) is 16.6. The van der Waals surface area contributed by atoms with Gasteiger partial charge in [0.2, 0.25) is 0 Å². The van der Waals surface area contributed by atoms with Crippen LogP contribution >= 0.6 is 0 Å². The third kappa shape index (κ3) is 3.98. The van der Waals surface area contributed by atoms with E-state index in [9.17, 15) is 4.79 Å². The van der Waals surface area contributed by atoms with Gasteiger partial charge in [0.25, 0.3) is 5.91 Å². The van der Waals surface area contributed by atoms with E-state index in [-0.39, 0.29) is 11.6 Å². The monoisotopic (exact) mass is 329 g/mol. The predicted octanol–water partition coefficient (Wildman–Crippen LogP) is 3.65. The Labute approximate surface area is 145 Å². The van der Waals surface area contributed by atoms with Crippen molar-refractivity contribution in [2.75, 3.05) is 10.6 Å². The molecule has 3 rings (SSSR count). The predicted molar refractivity (Wildman–Crippen MR) is 95.6 cm³/mol. The zero-order chi connectivity index (χ0) is 17.6. The second-order valence-corrected chi connectivity index (χ2v) is 5.37. The lowest BCUT2D eigenvalue weighted by Gasteiger charge is -2.08. The van der Waals surface area contributed by atoms with Crippen LogP contribution in [0.3, 0.4) is 0 Å². The summed E-state index contributed by atoms with van der Waals surface area (Å²) >= 11 is 0. The Bertz CT molecular complexity index is 927. The molecule has 0 bridgehead atoms. The fraction of sp³-hybridized carbons (Fsp3) is 0.0526. The molecule has 0 unspecified atom stereocenters. The number of aryl methyl sites for hydroxylation is 1. The molecule has 2 aromatic carbocycles. The van der Waals surface area contributed by atoms with Crippen LogP contribution in [0.1, 0.15) is 21.6 Å². The van der Waals surface area contributed by atoms with Crippen LogP contribution in [0.2, 0.25) is 0 Å². The molecular formula is C19H15N5O. The van der Waals surface area contributed by atoms with Crippen molar-refractivity contribution in [3.63, 3.8) is 0 Å². The number of benzene rings is 2. The molecule has 1 amide bonds. The van der Waals surface area contributed by atoms with Crippen LogP contribution in [0.15, 0.2) is 60.9 Å². The molecule has 3 aromatic rings. The first-order chi connectivity index (χ1) is 12.2. The highest BCUT2D eigenvalue weighted by Crippen LogP contribution is 2.16. The van der Waals surface area contributed by atoms with E-state index < -0.39 is 0 Å². The Balaban J connectivity index is 1.68. The molecule has 0 saturated heterocycles. The van der Waals surface area contributed by atoms with Gasteiger partial charge in [-0.2, -0.15) is 5.26 Å². The highest BCUT2D eigenvalue weighted by molar-refractivity contribution is 6.03. The van der Waals surface area contributed by atoms with Gasteiger partial charge >= 0.3 is 0 Å². The van der Waals surface area contributed by atoms with Crippen molar-refractivity contribution in [3.05, 3.63) is 77.7 Å². The van der Waals surface area contributed by atoms with Crippen molar-refractivity contribution in [2.24, 2.45) is 0 Å². The topological polar surface area (TPSA) is 90.7 Å². The minimum absolute atomic E-state index is 0.230. The van der Waals surface area contributed by atoms with Gasteiger partial charge in [-0.25, -0.2) is 9.97 Å². The van der Waals surface area contributed by atoms with Gasteiger partial charge in [0, 0.05) is 11.4 Å². The van der Waals surface area contributed by atoms with Crippen LogP contribution in [0, 0.1) is 18.3 Å². The van der Waals surface area contributed by atoms with E-state index in [0.29, 0.717) is 11.4 Å². The largest absolute Gasteiger partial charge is 0.339 e. The number of nitrogens with zero attached hydrogens (tertiary/aromatic N) is 3. The molecule has 0 saturated carbocycles. The lowest BCUT2D eigenvalue weighted by atomic mass is 10.2. The zero-order valence-corrected chi connectivity index (χ0v) is 13.5. The van der Waals surface area contributed by atoms with Crippen molar-refractivity contribution in [3.8, 4) is 6.07 Å². The maximum absolute atomic E-state index is 12.2. The van der Waals surface area contributed by atoms with Gasteiger partial charge in [0.1, 0.15) is 11.5 Å². The van der Waals surface area contributed by atoms with Crippen molar-refractivity contribution in [1.82, 2.24) is 9.97 Å². The second kappa shape index (κ2) is 7.23. The molecule has 0 radical (unpaired) electrons. The molecule has 1 heterocycles. The van der Waals surface area contributed by atoms with E-state index in [4.69, 9.17) is 5.26 Å². The van der Waals surface area contributed by atoms with Crippen molar-refractivity contribution in [2.45, 2.75) is 6.92 Å². The van der Waals surface area contributed by atoms with Crippen LogP contribution in [-0.2, 0) is 0 Å². The van der Waals surface area contributed by atoms with Gasteiger partial charge in [-0.05, 0) is 42.8 Å². The van der Waals surface area contributed by atoms with E-state index in [0.717, 1.165) is 16.9 Å². The van der Waals surface area contributed by atoms with Gasteiger partial charge in [0.05, 0.1) is 24.0 Å². The summed E-state index contributed by atoms with van der Waals surface area (Å²) < 4.78 is 0. The highest BCUT2D eigenvalue weighted by Gasteiger charge is 2.09. The molecule has 122 valence electrons. The van der Waals surface area contributed by atoms with Crippen LogP contribution < -0.4 is 10.6 Å². The van der Waals surface area contributed by atoms with Crippen LogP contribution in [0.25, 0.3) is 0 Å². The maximum atomic E-state index is 12.2. The molecule has 0 fully saturated rings. The summed E-state index contributed by atoms with van der Waals surface area (Å²) in [7, 11) is 0. The average molecular weight is 329 g/mol. The van der Waals surface area contributed by atoms with Gasteiger partial charge in [-0.15, -0.1) is 0 Å². The fourth-order valence-corrected chi connectivity index (χ4v) is 2.19. The molecule has 0 atom stereocenters. The Kier molecular flexibility index (Phi) is 4.67. The molecule has 0 spiro atoms. The molecular weight excluding hydrogens is 314 g/mol. The van der Waals surface area contributed by atoms with E-state index in [2.05, 4.69) is 26.7 Å². The summed E-state index contributed by atoms with van der Waals surface area (Å²) in [5, 5.41) is 14.7. The minimum Gasteiger partial charge on any atom is -0.339 e. The van der Waals surface area contributed by atoms with Crippen LogP contribution in [0.4, 0.5) is 17.2 Å². The Hall–Kier alpha value is -3.72. The number of amides is 1. The van der Waals surface area contributed by atoms with Gasteiger partial charge in [-0.3, -0.25) is 4.79 Å². The minimum atomic E-state index is -0.313. The molecule has 25 heavy (non-hydrogen) atoms. The first-order valence-electron chi connectivity index (χ1n) is 7.62. The third-order valence-electron chi connectivity index (χ3n) is 3.56. The van der Waals surface area contributed by atoms with E-state index >= 15 is 0 Å². The summed E-state index contributed by atoms with van der Waals surface area (Å²) in [6.45, 7) is 1.92. The number of aromatic nitrogens is 2. The van der Waals surface area contributed by atoms with Crippen molar-refractivity contribution in [1.29, 1.82) is 5.26 Å². The number of hydrogen-bond acceptors (Lipinski definition) is 5. The normalized spacial score (nSPS) is 9.92. The molecule has 6 heteroatoms. The number of hydrogen-bond donors (Lipinski definition) is 2. The van der Waals surface area contributed by atoms with E-state index in [1.165, 1.54) is 12.4 Å². The van der Waals surface area contributed by atoms with Gasteiger partial charge < -0.3 is 10.6 Å². The number of nitrogens with one attached hydrogen (secondary N) is 2. The number of rotatable bonds is 4. The fourth-order valence-electron chi connectivity index (χ4n) is 2.19. The van der Waals surface area contributed by atoms with Gasteiger partial charge in [0.15, 0.2) is 0 Å². The lowest BCUT2D eigenvalue weighted by molar-refractivity contribution is 0.102. The standard InChI is InChI=1S/C19H15N5O/c1-13-4-2-3-5-16(13)24-19(25)17-11-22-18(12-21-17)23-15-8-6-14(10-20)7-9-15/h2-9,11-12H,1H3,(H,22,23)(H,24,25). The number of para-hydroxylation sites is 1. The molecule has 6 nitrogen and oxygen atoms in total. The maximum Gasteiger partial charge on any atom is 0.275 e. The summed E-state index contributed by atoms with van der Waals surface area (Å²) in [4.78, 5) is 20.6. The lowest BCUT2D eigenvalue weighted by Crippen LogP contribution is -2.15. The number of carbonyl (C=O) groups is 1. The quantitative estimate of drug-likeness (QED) is 0.762. The summed E-state index contributed by atoms with van der Waals surface area (Å²) in [6.07, 6.45) is 2.91. The highest BCUT2D eigenvalue weighted by atomic mass is 16.1. The van der Waals surface area contributed by atoms with Crippen LogP contribution in [0.5, 0.6) is 0 Å². The Morgan fingerprint density at radius 1 is 1.04 bits per heavy atom. The molecule has 1 aromatic heterocycles. The number of anilines is 3. The number of carbonyl (C=O) groups excluding carboxylic acids is 1. The first-order valence-corrected chi connectivity index (χ1v) is 7.62. The van der Waals surface area contributed by atoms with Crippen LogP contribution in [-0.4, -0.2) is 15.9 Å². The third-order valence-corrected chi connectivity index (χ3v) is 3.56. The Morgan fingerprint density at radius 2 is 1.80 bits per heavy atom. The molecule has 0 aliphatic carbocycles. The van der Waals surface area contributed by atoms with E-state index in [1.54, 1.807) is 24.3 Å². The molecule has 2 N–H and O–H groups in total. The smallest absolute Gasteiger partial charge is 0.275 e. The average Bonchev–Trinajstić information content (AvgIpc) is 2.65. The summed E-state index contributed by atoms with van der Waals surface area (Å²) in [5.41, 5.74) is 3.32. The second-order valence-electron chi connectivity index (χ2n) is 5.37. The van der Waals surface area contributed by atoms with Gasteiger partial charge in [-0.1, -0.05) is 18.2 Å². The summed E-state index contributed by atoms with van der Waals surface area (Å²) in [5.74, 6) is 0.198. The molecule has 0 aliphatic rings. The SMILES string of the molecule is Cc1ccccc1NC(=O)c1cnc(Nc2ccc(C#N)cc2)cn1. The van der Waals surface area contributed by atoms with E-state index in [1.807, 2.05) is 31.2 Å². The van der Waals surface area contributed by atoms with Crippen molar-refractivity contribution < 1.29 is 4.79 Å². The molecule has 0 aliphatic heterocycles. The van der Waals surface area contributed by atoms with Crippen molar-refractivity contribution >= 4 is 23.1 Å². The zero-order valence-electron chi connectivity index (χ0n) is 13.5.